The number of hydrogen-bond donors (Lipinski definition) is 0. The van der Waals surface area contributed by atoms with Gasteiger partial charge in [0.25, 0.3) is 0 Å². The molecule has 128 valence electrons. The molecule has 0 aromatic rings. The number of unbranched alkanes of at least 4 members (excludes halogenated alkanes) is 1. The maximum Gasteiger partial charge on any atom is 0.409 e. The number of hydrogen-bond acceptors (Lipinski definition) is 4. The lowest BCUT2D eigenvalue weighted by molar-refractivity contribution is 0.0481. The van der Waals surface area contributed by atoms with E-state index in [1.807, 2.05) is 4.90 Å². The average molecular weight is 314 g/mol. The minimum atomic E-state index is -0.279. The number of likely N-dealkylation sites (tertiary alicyclic amines) is 1. The van der Waals surface area contributed by atoms with E-state index >= 15 is 0 Å². The summed E-state index contributed by atoms with van der Waals surface area (Å²) in [5, 5.41) is 0. The van der Waals surface area contributed by atoms with E-state index in [1.165, 1.54) is 14.2 Å². The maximum atomic E-state index is 12.0. The van der Waals surface area contributed by atoms with Crippen molar-refractivity contribution in [3.05, 3.63) is 0 Å². The number of piperidine rings is 1. The number of amides is 2. The monoisotopic (exact) mass is 314 g/mol. The summed E-state index contributed by atoms with van der Waals surface area (Å²) in [4.78, 5) is 27.5. The van der Waals surface area contributed by atoms with E-state index in [0.717, 1.165) is 38.6 Å². The van der Waals surface area contributed by atoms with Crippen LogP contribution in [-0.4, -0.2) is 61.9 Å². The molecule has 2 unspecified atom stereocenters. The molecule has 6 nitrogen and oxygen atoms in total. The van der Waals surface area contributed by atoms with Crippen molar-refractivity contribution in [2.75, 3.05) is 33.9 Å². The lowest BCUT2D eigenvalue weighted by atomic mass is 9.87. The number of nitrogens with zero attached hydrogens (tertiary/aromatic N) is 2. The van der Waals surface area contributed by atoms with Crippen LogP contribution in [0.15, 0.2) is 0 Å². The van der Waals surface area contributed by atoms with E-state index in [-0.39, 0.29) is 24.1 Å². The highest BCUT2D eigenvalue weighted by molar-refractivity contribution is 5.68. The van der Waals surface area contributed by atoms with Gasteiger partial charge in [0.05, 0.1) is 14.2 Å². The largest absolute Gasteiger partial charge is 0.453 e. The first-order chi connectivity index (χ1) is 10.6. The van der Waals surface area contributed by atoms with Crippen LogP contribution in [0.5, 0.6) is 0 Å². The molecule has 0 radical (unpaired) electrons. The standard InChI is InChI=1S/C16H30N2O4/c1-5-7-10-17(15(19)21-3)12-13-9-8-11-18(14(13)6-2)16(20)22-4/h13-14H,5-12H2,1-4H3. The molecule has 2 atom stereocenters. The van der Waals surface area contributed by atoms with Crippen LogP contribution in [-0.2, 0) is 9.47 Å². The molecule has 1 aliphatic rings. The summed E-state index contributed by atoms with van der Waals surface area (Å²) in [5.41, 5.74) is 0. The summed E-state index contributed by atoms with van der Waals surface area (Å²) in [6.07, 6.45) is 4.27. The first-order valence-corrected chi connectivity index (χ1v) is 8.26. The highest BCUT2D eigenvalue weighted by atomic mass is 16.5. The fourth-order valence-electron chi connectivity index (χ4n) is 3.27. The molecule has 1 rings (SSSR count). The summed E-state index contributed by atoms with van der Waals surface area (Å²) >= 11 is 0. The molecule has 0 bridgehead atoms. The van der Waals surface area contributed by atoms with Crippen LogP contribution in [0.3, 0.4) is 0 Å². The van der Waals surface area contributed by atoms with Gasteiger partial charge in [-0.2, -0.15) is 0 Å². The molecule has 0 aliphatic carbocycles. The average Bonchev–Trinajstić information content (AvgIpc) is 2.56. The Bertz CT molecular complexity index is 362. The summed E-state index contributed by atoms with van der Waals surface area (Å²) < 4.78 is 9.79. The fraction of sp³-hybridized carbons (Fsp3) is 0.875. The van der Waals surface area contributed by atoms with Gasteiger partial charge in [-0.1, -0.05) is 20.3 Å². The first kappa shape index (κ1) is 18.6. The first-order valence-electron chi connectivity index (χ1n) is 8.26. The lowest BCUT2D eigenvalue weighted by Crippen LogP contribution is -2.51. The molecule has 0 aromatic heterocycles. The fourth-order valence-corrected chi connectivity index (χ4v) is 3.27. The van der Waals surface area contributed by atoms with Crippen molar-refractivity contribution in [1.82, 2.24) is 9.80 Å². The lowest BCUT2D eigenvalue weighted by Gasteiger charge is -2.41. The van der Waals surface area contributed by atoms with Crippen LogP contribution in [0.1, 0.15) is 46.0 Å². The van der Waals surface area contributed by atoms with Crippen LogP contribution in [0.25, 0.3) is 0 Å². The Labute approximate surface area is 133 Å². The van der Waals surface area contributed by atoms with Gasteiger partial charge < -0.3 is 19.3 Å². The quantitative estimate of drug-likeness (QED) is 0.756. The second kappa shape index (κ2) is 9.54. The smallest absolute Gasteiger partial charge is 0.409 e. The summed E-state index contributed by atoms with van der Waals surface area (Å²) in [5.74, 6) is 0.272. The molecular formula is C16H30N2O4. The van der Waals surface area contributed by atoms with Gasteiger partial charge >= 0.3 is 12.2 Å². The van der Waals surface area contributed by atoms with Gasteiger partial charge in [0.1, 0.15) is 0 Å². The second-order valence-corrected chi connectivity index (χ2v) is 5.81. The number of carbonyl (C=O) groups is 2. The van der Waals surface area contributed by atoms with E-state index in [1.54, 1.807) is 4.90 Å². The van der Waals surface area contributed by atoms with Gasteiger partial charge in [-0.05, 0) is 31.6 Å². The Hall–Kier alpha value is -1.46. The number of rotatable bonds is 6. The zero-order valence-corrected chi connectivity index (χ0v) is 14.3. The SMILES string of the molecule is CCCCN(CC1CCCN(C(=O)OC)C1CC)C(=O)OC. The van der Waals surface area contributed by atoms with Crippen molar-refractivity contribution in [2.45, 2.75) is 52.0 Å². The van der Waals surface area contributed by atoms with Crippen molar-refractivity contribution >= 4 is 12.2 Å². The second-order valence-electron chi connectivity index (χ2n) is 5.81. The summed E-state index contributed by atoms with van der Waals surface area (Å²) in [6, 6.07) is 0.120. The Morgan fingerprint density at radius 2 is 1.95 bits per heavy atom. The molecule has 1 saturated heterocycles. The molecule has 6 heteroatoms. The van der Waals surface area contributed by atoms with Gasteiger partial charge in [0, 0.05) is 25.7 Å². The molecule has 0 aromatic carbocycles. The Kier molecular flexibility index (Phi) is 8.06. The topological polar surface area (TPSA) is 59.1 Å². The van der Waals surface area contributed by atoms with Crippen molar-refractivity contribution in [2.24, 2.45) is 5.92 Å². The predicted molar refractivity (Wildman–Crippen MR) is 84.8 cm³/mol. The van der Waals surface area contributed by atoms with Gasteiger partial charge in [0.15, 0.2) is 0 Å². The van der Waals surface area contributed by atoms with Gasteiger partial charge in [0.2, 0.25) is 0 Å². The van der Waals surface area contributed by atoms with Crippen molar-refractivity contribution in [3.63, 3.8) is 0 Å². The normalized spacial score (nSPS) is 21.4. The van der Waals surface area contributed by atoms with Crippen LogP contribution in [0.4, 0.5) is 9.59 Å². The minimum absolute atomic E-state index is 0.120. The summed E-state index contributed by atoms with van der Waals surface area (Å²) in [6.45, 7) is 6.25. The zero-order valence-electron chi connectivity index (χ0n) is 14.3. The van der Waals surface area contributed by atoms with Crippen molar-refractivity contribution < 1.29 is 19.1 Å². The van der Waals surface area contributed by atoms with Crippen LogP contribution in [0, 0.1) is 5.92 Å². The molecule has 1 fully saturated rings. The Balaban J connectivity index is 2.77. The maximum absolute atomic E-state index is 12.0. The van der Waals surface area contributed by atoms with E-state index in [4.69, 9.17) is 9.47 Å². The number of methoxy groups -OCH3 is 2. The van der Waals surface area contributed by atoms with Gasteiger partial charge in [-0.3, -0.25) is 0 Å². The van der Waals surface area contributed by atoms with E-state index in [2.05, 4.69) is 13.8 Å². The highest BCUT2D eigenvalue weighted by Crippen LogP contribution is 2.27. The van der Waals surface area contributed by atoms with E-state index in [0.29, 0.717) is 13.1 Å². The molecule has 0 spiro atoms. The summed E-state index contributed by atoms with van der Waals surface area (Å²) in [7, 11) is 2.83. The molecule has 2 amide bonds. The van der Waals surface area contributed by atoms with E-state index in [9.17, 15) is 9.59 Å². The number of ether oxygens (including phenoxy) is 2. The van der Waals surface area contributed by atoms with Crippen LogP contribution < -0.4 is 0 Å². The Morgan fingerprint density at radius 1 is 1.23 bits per heavy atom. The van der Waals surface area contributed by atoms with Crippen molar-refractivity contribution in [1.29, 1.82) is 0 Å². The minimum Gasteiger partial charge on any atom is -0.453 e. The van der Waals surface area contributed by atoms with Crippen molar-refractivity contribution in [3.8, 4) is 0 Å². The molecular weight excluding hydrogens is 284 g/mol. The molecule has 0 N–H and O–H groups in total. The molecule has 22 heavy (non-hydrogen) atoms. The number of carbonyl (C=O) groups excluding carboxylic acids is 2. The van der Waals surface area contributed by atoms with Crippen LogP contribution in [0.2, 0.25) is 0 Å². The third-order valence-corrected chi connectivity index (χ3v) is 4.42. The van der Waals surface area contributed by atoms with Gasteiger partial charge in [-0.15, -0.1) is 0 Å². The molecule has 1 heterocycles. The van der Waals surface area contributed by atoms with E-state index < -0.39 is 0 Å². The molecule has 0 saturated carbocycles. The predicted octanol–water partition coefficient (Wildman–Crippen LogP) is 3.11. The highest BCUT2D eigenvalue weighted by Gasteiger charge is 2.35. The third-order valence-electron chi connectivity index (χ3n) is 4.42. The zero-order chi connectivity index (χ0) is 16.5. The van der Waals surface area contributed by atoms with Crippen LogP contribution >= 0.6 is 0 Å². The Morgan fingerprint density at radius 3 is 2.50 bits per heavy atom. The molecule has 1 aliphatic heterocycles. The van der Waals surface area contributed by atoms with Gasteiger partial charge in [-0.25, -0.2) is 9.59 Å². The third kappa shape index (κ3) is 4.78.